The summed E-state index contributed by atoms with van der Waals surface area (Å²) < 4.78 is 26.9. The van der Waals surface area contributed by atoms with E-state index in [2.05, 4.69) is 0 Å². The molecule has 6 heteroatoms. The van der Waals surface area contributed by atoms with Gasteiger partial charge >= 0.3 is 5.63 Å². The molecule has 6 nitrogen and oxygen atoms in total. The van der Waals surface area contributed by atoms with Crippen LogP contribution in [0.4, 0.5) is 0 Å². The van der Waals surface area contributed by atoms with Gasteiger partial charge in [-0.2, -0.15) is 0 Å². The van der Waals surface area contributed by atoms with Crippen molar-refractivity contribution in [3.63, 3.8) is 0 Å². The Kier molecular flexibility index (Phi) is 3.47. The van der Waals surface area contributed by atoms with Crippen molar-refractivity contribution in [3.05, 3.63) is 28.1 Å². The number of hydrogen-bond acceptors (Lipinski definition) is 6. The fourth-order valence-corrected chi connectivity index (χ4v) is 2.28. The molecule has 3 rings (SSSR count). The van der Waals surface area contributed by atoms with Crippen molar-refractivity contribution in [3.8, 4) is 17.2 Å². The smallest absolute Gasteiger partial charge is 0.336 e. The largest absolute Gasteiger partial charge is 0.492 e. The summed E-state index contributed by atoms with van der Waals surface area (Å²) in [4.78, 5) is 11.5. The van der Waals surface area contributed by atoms with Crippen LogP contribution in [0.5, 0.6) is 17.2 Å². The summed E-state index contributed by atoms with van der Waals surface area (Å²) >= 11 is 0. The standard InChI is InChI=1S/C15H16O6/c1-8-4-12(16)21-10-5-11(20-7-9-6-19-9)14(17-2)15(18-3)13(8)10/h4-5,9H,6-7H2,1-3H3. The lowest BCUT2D eigenvalue weighted by Gasteiger charge is -2.16. The van der Waals surface area contributed by atoms with Gasteiger partial charge in [0.25, 0.3) is 0 Å². The minimum atomic E-state index is -0.413. The molecule has 0 radical (unpaired) electrons. The summed E-state index contributed by atoms with van der Waals surface area (Å²) in [5.41, 5.74) is 0.751. The van der Waals surface area contributed by atoms with E-state index in [-0.39, 0.29) is 6.10 Å². The van der Waals surface area contributed by atoms with Crippen LogP contribution in [0.3, 0.4) is 0 Å². The molecule has 0 amide bonds. The van der Waals surface area contributed by atoms with Crippen molar-refractivity contribution >= 4 is 11.0 Å². The second-order valence-corrected chi connectivity index (χ2v) is 4.83. The lowest BCUT2D eigenvalue weighted by molar-refractivity contribution is 0.248. The average molecular weight is 292 g/mol. The van der Waals surface area contributed by atoms with E-state index in [9.17, 15) is 4.79 Å². The summed E-state index contributed by atoms with van der Waals surface area (Å²) in [5, 5.41) is 0.698. The number of hydrogen-bond donors (Lipinski definition) is 0. The third kappa shape index (κ3) is 2.54. The number of fused-ring (bicyclic) bond motifs is 1. The molecule has 1 unspecified atom stereocenters. The maximum absolute atomic E-state index is 11.5. The minimum Gasteiger partial charge on any atom is -0.492 e. The summed E-state index contributed by atoms with van der Waals surface area (Å²) in [6.07, 6.45) is 0.112. The van der Waals surface area contributed by atoms with Gasteiger partial charge < -0.3 is 23.4 Å². The van der Waals surface area contributed by atoms with Crippen LogP contribution in [-0.4, -0.2) is 33.5 Å². The van der Waals surface area contributed by atoms with Crippen molar-refractivity contribution < 1.29 is 23.4 Å². The lowest BCUT2D eigenvalue weighted by Crippen LogP contribution is -2.07. The van der Waals surface area contributed by atoms with Gasteiger partial charge in [-0.05, 0) is 12.5 Å². The van der Waals surface area contributed by atoms with Gasteiger partial charge in [-0.3, -0.25) is 0 Å². The normalized spacial score (nSPS) is 16.8. The number of methoxy groups -OCH3 is 2. The number of epoxide rings is 1. The van der Waals surface area contributed by atoms with E-state index < -0.39 is 5.63 Å². The quantitative estimate of drug-likeness (QED) is 0.619. The summed E-state index contributed by atoms with van der Waals surface area (Å²) in [6.45, 7) is 2.93. The van der Waals surface area contributed by atoms with Gasteiger partial charge in [-0.15, -0.1) is 0 Å². The predicted molar refractivity (Wildman–Crippen MR) is 75.6 cm³/mol. The van der Waals surface area contributed by atoms with Gasteiger partial charge in [0.2, 0.25) is 5.75 Å². The van der Waals surface area contributed by atoms with E-state index in [1.54, 1.807) is 13.2 Å². The topological polar surface area (TPSA) is 70.4 Å². The summed E-state index contributed by atoms with van der Waals surface area (Å²) in [7, 11) is 3.08. The Morgan fingerprint density at radius 2 is 1.95 bits per heavy atom. The SMILES string of the molecule is COc1c(OCC2CO2)cc2oc(=O)cc(C)c2c1OC. The van der Waals surface area contributed by atoms with Crippen LogP contribution in [0.25, 0.3) is 11.0 Å². The van der Waals surface area contributed by atoms with E-state index in [0.717, 1.165) is 5.56 Å². The molecule has 0 aliphatic carbocycles. The van der Waals surface area contributed by atoms with Gasteiger partial charge in [0.05, 0.1) is 26.2 Å². The average Bonchev–Trinajstić information content (AvgIpc) is 3.27. The third-order valence-corrected chi connectivity index (χ3v) is 3.34. The Bertz CT molecular complexity index is 729. The molecule has 1 atom stereocenters. The van der Waals surface area contributed by atoms with Crippen molar-refractivity contribution in [1.29, 1.82) is 0 Å². The second-order valence-electron chi connectivity index (χ2n) is 4.83. The van der Waals surface area contributed by atoms with Crippen molar-refractivity contribution in [2.24, 2.45) is 0 Å². The zero-order chi connectivity index (χ0) is 15.0. The van der Waals surface area contributed by atoms with Crippen molar-refractivity contribution in [2.45, 2.75) is 13.0 Å². The fraction of sp³-hybridized carbons (Fsp3) is 0.400. The third-order valence-electron chi connectivity index (χ3n) is 3.34. The molecular weight excluding hydrogens is 276 g/mol. The molecule has 1 saturated heterocycles. The fourth-order valence-electron chi connectivity index (χ4n) is 2.28. The van der Waals surface area contributed by atoms with Crippen molar-refractivity contribution in [1.82, 2.24) is 0 Å². The Balaban J connectivity index is 2.19. The molecule has 112 valence electrons. The highest BCUT2D eigenvalue weighted by molar-refractivity contribution is 5.91. The van der Waals surface area contributed by atoms with Crippen LogP contribution in [0, 0.1) is 6.92 Å². The van der Waals surface area contributed by atoms with E-state index in [4.69, 9.17) is 23.4 Å². The molecule has 1 aromatic carbocycles. The highest BCUT2D eigenvalue weighted by atomic mass is 16.6. The first kappa shape index (κ1) is 13.8. The first-order valence-corrected chi connectivity index (χ1v) is 6.58. The van der Waals surface area contributed by atoms with Gasteiger partial charge in [0.1, 0.15) is 18.3 Å². The number of benzene rings is 1. The van der Waals surface area contributed by atoms with Gasteiger partial charge in [0, 0.05) is 12.1 Å². The first-order chi connectivity index (χ1) is 10.1. The molecule has 0 bridgehead atoms. The van der Waals surface area contributed by atoms with Gasteiger partial charge in [0.15, 0.2) is 11.5 Å². The Labute approximate surface area is 121 Å². The van der Waals surface area contributed by atoms with Crippen LogP contribution in [0.1, 0.15) is 5.56 Å². The van der Waals surface area contributed by atoms with Gasteiger partial charge in [-0.25, -0.2) is 4.79 Å². The molecule has 0 N–H and O–H groups in total. The minimum absolute atomic E-state index is 0.112. The highest BCUT2D eigenvalue weighted by Crippen LogP contribution is 2.44. The van der Waals surface area contributed by atoms with Crippen molar-refractivity contribution in [2.75, 3.05) is 27.4 Å². The molecule has 1 aliphatic rings. The van der Waals surface area contributed by atoms with Gasteiger partial charge in [-0.1, -0.05) is 0 Å². The molecule has 21 heavy (non-hydrogen) atoms. The molecule has 1 aromatic heterocycles. The summed E-state index contributed by atoms with van der Waals surface area (Å²) in [6, 6.07) is 3.07. The highest BCUT2D eigenvalue weighted by Gasteiger charge is 2.25. The number of rotatable bonds is 5. The predicted octanol–water partition coefficient (Wildman–Crippen LogP) is 1.90. The lowest BCUT2D eigenvalue weighted by atomic mass is 10.1. The maximum atomic E-state index is 11.5. The molecule has 1 aliphatic heterocycles. The zero-order valence-electron chi connectivity index (χ0n) is 12.1. The Morgan fingerprint density at radius 3 is 2.57 bits per heavy atom. The molecule has 2 heterocycles. The van der Waals surface area contributed by atoms with Crippen LogP contribution < -0.4 is 19.8 Å². The Hall–Kier alpha value is -2.21. The van der Waals surface area contributed by atoms with Crippen LogP contribution in [-0.2, 0) is 4.74 Å². The van der Waals surface area contributed by atoms with Crippen LogP contribution in [0.2, 0.25) is 0 Å². The Morgan fingerprint density at radius 1 is 1.24 bits per heavy atom. The molecule has 2 aromatic rings. The summed E-state index contributed by atoms with van der Waals surface area (Å²) in [5.74, 6) is 1.43. The van der Waals surface area contributed by atoms with Crippen LogP contribution in [0.15, 0.2) is 21.3 Å². The van der Waals surface area contributed by atoms with E-state index in [1.807, 2.05) is 6.92 Å². The van der Waals surface area contributed by atoms with Crippen LogP contribution >= 0.6 is 0 Å². The molecule has 1 fully saturated rings. The monoisotopic (exact) mass is 292 g/mol. The molecular formula is C15H16O6. The maximum Gasteiger partial charge on any atom is 0.336 e. The first-order valence-electron chi connectivity index (χ1n) is 6.58. The van der Waals surface area contributed by atoms with E-state index in [1.165, 1.54) is 13.2 Å². The molecule has 0 saturated carbocycles. The molecule has 0 spiro atoms. The zero-order valence-corrected chi connectivity index (χ0v) is 12.1. The second kappa shape index (κ2) is 5.29. The van der Waals surface area contributed by atoms with E-state index in [0.29, 0.717) is 41.4 Å². The number of aryl methyl sites for hydroxylation is 1. The number of ether oxygens (including phenoxy) is 4. The van der Waals surface area contributed by atoms with E-state index >= 15 is 0 Å².